The van der Waals surface area contributed by atoms with Crippen LogP contribution >= 0.6 is 0 Å². The van der Waals surface area contributed by atoms with Crippen molar-refractivity contribution in [2.45, 2.75) is 13.3 Å². The number of carboxylic acids is 1. The van der Waals surface area contributed by atoms with Crippen LogP contribution in [-0.4, -0.2) is 45.3 Å². The van der Waals surface area contributed by atoms with Gasteiger partial charge in [0.1, 0.15) is 6.61 Å². The van der Waals surface area contributed by atoms with E-state index in [4.69, 9.17) is 24.1 Å². The lowest BCUT2D eigenvalue weighted by Gasteiger charge is -2.18. The minimum Gasteiger partial charge on any atom is -0.487 e. The van der Waals surface area contributed by atoms with E-state index in [-0.39, 0.29) is 6.79 Å². The second-order valence-electron chi connectivity index (χ2n) is 5.55. The third-order valence-electron chi connectivity index (χ3n) is 3.85. The van der Waals surface area contributed by atoms with Crippen LogP contribution in [0.3, 0.4) is 0 Å². The van der Waals surface area contributed by atoms with Crippen molar-refractivity contribution >= 4 is 22.8 Å². The van der Waals surface area contributed by atoms with Gasteiger partial charge in [0.25, 0.3) is 0 Å². The molecule has 6 heteroatoms. The molecule has 0 saturated carbocycles. The van der Waals surface area contributed by atoms with E-state index >= 15 is 0 Å². The molecular formula is C20H24O6. The smallest absolute Gasteiger partial charge is 0.328 e. The van der Waals surface area contributed by atoms with Crippen molar-refractivity contribution < 1.29 is 28.8 Å². The highest BCUT2D eigenvalue weighted by Gasteiger charge is 2.17. The molecule has 140 valence electrons. The zero-order chi connectivity index (χ0) is 18.9. The summed E-state index contributed by atoms with van der Waals surface area (Å²) in [6.07, 6.45) is 3.47. The van der Waals surface area contributed by atoms with Crippen molar-refractivity contribution in [3.05, 3.63) is 41.5 Å². The fourth-order valence-corrected chi connectivity index (χ4v) is 2.71. The van der Waals surface area contributed by atoms with Crippen LogP contribution in [0.25, 0.3) is 16.8 Å². The van der Waals surface area contributed by atoms with E-state index in [0.29, 0.717) is 24.7 Å². The Morgan fingerprint density at radius 3 is 2.62 bits per heavy atom. The highest BCUT2D eigenvalue weighted by Crippen LogP contribution is 2.41. The number of carboxylic acid groups (broad SMARTS) is 1. The zero-order valence-electron chi connectivity index (χ0n) is 15.3. The van der Waals surface area contributed by atoms with Crippen LogP contribution in [0.1, 0.15) is 18.1 Å². The predicted octanol–water partition coefficient (Wildman–Crippen LogP) is 3.51. The Morgan fingerprint density at radius 1 is 1.15 bits per heavy atom. The second-order valence-corrected chi connectivity index (χ2v) is 5.55. The van der Waals surface area contributed by atoms with Crippen molar-refractivity contribution in [2.75, 3.05) is 34.2 Å². The van der Waals surface area contributed by atoms with E-state index in [0.717, 1.165) is 34.4 Å². The Hall–Kier alpha value is -2.57. The molecule has 1 N–H and O–H groups in total. The summed E-state index contributed by atoms with van der Waals surface area (Å²) in [6.45, 7) is 2.91. The summed E-state index contributed by atoms with van der Waals surface area (Å²) in [5.41, 5.74) is 1.82. The summed E-state index contributed by atoms with van der Waals surface area (Å²) in [6, 6.07) is 7.69. The first-order chi connectivity index (χ1) is 12.6. The Morgan fingerprint density at radius 2 is 1.96 bits per heavy atom. The van der Waals surface area contributed by atoms with E-state index in [9.17, 15) is 4.79 Å². The average molecular weight is 360 g/mol. The number of hydrogen-bond donors (Lipinski definition) is 1. The standard InChI is InChI=1S/C20H24O6/c1-4-14-6-5-7-16-15(8-9-18(21)22)12-17(25-11-10-23-2)20(19(14)16)26-13-24-3/h5-9,12H,4,10-11,13H2,1-3H3,(H,21,22)/b9-8-. The fourth-order valence-electron chi connectivity index (χ4n) is 2.71. The van der Waals surface area contributed by atoms with Crippen LogP contribution in [0.4, 0.5) is 0 Å². The molecule has 0 saturated heterocycles. The Kier molecular flexibility index (Phi) is 7.44. The zero-order valence-corrected chi connectivity index (χ0v) is 15.3. The topological polar surface area (TPSA) is 74.2 Å². The minimum atomic E-state index is -1.01. The largest absolute Gasteiger partial charge is 0.487 e. The van der Waals surface area contributed by atoms with Crippen molar-refractivity contribution in [1.29, 1.82) is 0 Å². The molecule has 0 radical (unpaired) electrons. The molecule has 0 aliphatic heterocycles. The van der Waals surface area contributed by atoms with Gasteiger partial charge in [-0.2, -0.15) is 0 Å². The molecule has 2 aromatic rings. The van der Waals surface area contributed by atoms with Crippen LogP contribution < -0.4 is 9.47 Å². The summed E-state index contributed by atoms with van der Waals surface area (Å²) in [5.74, 6) is 0.103. The highest BCUT2D eigenvalue weighted by molar-refractivity contribution is 6.00. The summed E-state index contributed by atoms with van der Waals surface area (Å²) in [5, 5.41) is 10.8. The molecule has 0 unspecified atom stereocenters. The molecule has 0 fully saturated rings. The van der Waals surface area contributed by atoms with Gasteiger partial charge in [-0.05, 0) is 35.1 Å². The number of rotatable bonds is 10. The van der Waals surface area contributed by atoms with Crippen molar-refractivity contribution in [3.63, 3.8) is 0 Å². The third-order valence-corrected chi connectivity index (χ3v) is 3.85. The Balaban J connectivity index is 2.68. The van der Waals surface area contributed by atoms with Gasteiger partial charge < -0.3 is 24.1 Å². The summed E-state index contributed by atoms with van der Waals surface area (Å²) >= 11 is 0. The second kappa shape index (κ2) is 9.79. The number of benzene rings is 2. The molecule has 0 aliphatic carbocycles. The van der Waals surface area contributed by atoms with Crippen molar-refractivity contribution in [3.8, 4) is 11.5 Å². The lowest BCUT2D eigenvalue weighted by Crippen LogP contribution is -2.08. The highest BCUT2D eigenvalue weighted by atomic mass is 16.7. The molecule has 0 spiro atoms. The number of hydrogen-bond acceptors (Lipinski definition) is 5. The van der Waals surface area contributed by atoms with Gasteiger partial charge in [0.2, 0.25) is 0 Å². The van der Waals surface area contributed by atoms with Crippen LogP contribution in [0.15, 0.2) is 30.3 Å². The van der Waals surface area contributed by atoms with Crippen molar-refractivity contribution in [1.82, 2.24) is 0 Å². The van der Waals surface area contributed by atoms with Crippen LogP contribution in [0.2, 0.25) is 0 Å². The number of aliphatic carboxylic acids is 1. The number of ether oxygens (including phenoxy) is 4. The molecule has 0 aliphatic rings. The summed E-state index contributed by atoms with van der Waals surface area (Å²) in [4.78, 5) is 11.0. The molecule has 2 aromatic carbocycles. The van der Waals surface area contributed by atoms with Crippen molar-refractivity contribution in [2.24, 2.45) is 0 Å². The van der Waals surface area contributed by atoms with E-state index in [1.54, 1.807) is 26.4 Å². The van der Waals surface area contributed by atoms with Crippen LogP contribution in [0.5, 0.6) is 11.5 Å². The number of aryl methyl sites for hydroxylation is 1. The average Bonchev–Trinajstić information content (AvgIpc) is 2.64. The lowest BCUT2D eigenvalue weighted by atomic mass is 9.96. The lowest BCUT2D eigenvalue weighted by molar-refractivity contribution is -0.131. The van der Waals surface area contributed by atoms with Gasteiger partial charge >= 0.3 is 5.97 Å². The molecule has 0 heterocycles. The normalized spacial score (nSPS) is 11.2. The van der Waals surface area contributed by atoms with Gasteiger partial charge in [0.15, 0.2) is 18.3 Å². The monoisotopic (exact) mass is 360 g/mol. The molecule has 0 bridgehead atoms. The molecule has 6 nitrogen and oxygen atoms in total. The van der Waals surface area contributed by atoms with Gasteiger partial charge in [-0.1, -0.05) is 25.1 Å². The number of fused-ring (bicyclic) bond motifs is 1. The van der Waals surface area contributed by atoms with Gasteiger partial charge in [0.05, 0.1) is 6.61 Å². The van der Waals surface area contributed by atoms with Gasteiger partial charge in [-0.25, -0.2) is 4.79 Å². The maximum atomic E-state index is 11.0. The fraction of sp³-hybridized carbons (Fsp3) is 0.350. The molecule has 0 aromatic heterocycles. The molecule has 0 amide bonds. The van der Waals surface area contributed by atoms with E-state index < -0.39 is 5.97 Å². The summed E-state index contributed by atoms with van der Waals surface area (Å²) < 4.78 is 21.8. The van der Waals surface area contributed by atoms with E-state index in [1.807, 2.05) is 18.2 Å². The molecule has 26 heavy (non-hydrogen) atoms. The van der Waals surface area contributed by atoms with Gasteiger partial charge in [-0.3, -0.25) is 0 Å². The Bertz CT molecular complexity index is 781. The number of carbonyl (C=O) groups is 1. The molecule has 2 rings (SSSR count). The maximum Gasteiger partial charge on any atom is 0.328 e. The minimum absolute atomic E-state index is 0.0814. The van der Waals surface area contributed by atoms with Crippen LogP contribution in [-0.2, 0) is 20.7 Å². The molecule has 0 atom stereocenters. The Labute approximate surface area is 152 Å². The van der Waals surface area contributed by atoms with E-state index in [1.165, 1.54) is 0 Å². The molecular weight excluding hydrogens is 336 g/mol. The van der Waals surface area contributed by atoms with Gasteiger partial charge in [0, 0.05) is 25.7 Å². The van der Waals surface area contributed by atoms with E-state index in [2.05, 4.69) is 6.92 Å². The predicted molar refractivity (Wildman–Crippen MR) is 99.9 cm³/mol. The van der Waals surface area contributed by atoms with Gasteiger partial charge in [-0.15, -0.1) is 0 Å². The number of methoxy groups -OCH3 is 2. The quantitative estimate of drug-likeness (QED) is 0.397. The first-order valence-electron chi connectivity index (χ1n) is 8.35. The SMILES string of the molecule is CCc1cccc2c(/C=C\C(=O)O)cc(OCCOC)c(OCOC)c12. The first kappa shape index (κ1) is 19.8. The maximum absolute atomic E-state index is 11.0. The van der Waals surface area contributed by atoms with Crippen LogP contribution in [0, 0.1) is 0 Å². The third kappa shape index (κ3) is 4.74. The first-order valence-corrected chi connectivity index (χ1v) is 8.35. The summed E-state index contributed by atoms with van der Waals surface area (Å²) in [7, 11) is 3.15.